The van der Waals surface area contributed by atoms with E-state index in [1.54, 1.807) is 13.0 Å². The average molecular weight is 324 g/mol. The number of benzene rings is 1. The summed E-state index contributed by atoms with van der Waals surface area (Å²) < 4.78 is 10.2. The molecule has 1 aromatic carbocycles. The van der Waals surface area contributed by atoms with Gasteiger partial charge in [-0.15, -0.1) is 0 Å². The summed E-state index contributed by atoms with van der Waals surface area (Å²) in [6.07, 6.45) is 0.455. The number of oxazole rings is 1. The summed E-state index contributed by atoms with van der Waals surface area (Å²) >= 11 is 6.11. The Balaban J connectivity index is 1.78. The van der Waals surface area contributed by atoms with Crippen LogP contribution in [0.3, 0.4) is 0 Å². The highest BCUT2D eigenvalue weighted by molar-refractivity contribution is 6.35. The van der Waals surface area contributed by atoms with Crippen molar-refractivity contribution in [3.05, 3.63) is 28.6 Å². The molecule has 1 aromatic heterocycles. The van der Waals surface area contributed by atoms with Crippen LogP contribution >= 0.6 is 11.6 Å². The predicted octanol–water partition coefficient (Wildman–Crippen LogP) is 2.14. The van der Waals surface area contributed by atoms with Crippen molar-refractivity contribution < 1.29 is 23.8 Å². The average Bonchev–Trinajstić information content (AvgIpc) is 3.19. The molecule has 0 unspecified atom stereocenters. The second-order valence-corrected chi connectivity index (χ2v) is 5.65. The van der Waals surface area contributed by atoms with Crippen LogP contribution in [0, 0.1) is 18.8 Å². The normalized spacial score (nSPS) is 20.1. The number of hydrogen-bond donors (Lipinski definition) is 1. The number of rotatable bonds is 5. The van der Waals surface area contributed by atoms with E-state index in [2.05, 4.69) is 4.98 Å². The number of esters is 1. The topological polar surface area (TPSA) is 89.6 Å². The Labute approximate surface area is 131 Å². The zero-order valence-corrected chi connectivity index (χ0v) is 12.6. The Morgan fingerprint density at radius 2 is 2.23 bits per heavy atom. The number of Topliss-reactive ketones (excluding diaryl/α,β-unsaturated/α-hetero) is 1. The first-order valence-electron chi connectivity index (χ1n) is 6.89. The quantitative estimate of drug-likeness (QED) is 0.670. The van der Waals surface area contributed by atoms with Gasteiger partial charge in [0.15, 0.2) is 17.3 Å². The summed E-state index contributed by atoms with van der Waals surface area (Å²) in [5.74, 6) is -0.967. The summed E-state index contributed by atoms with van der Waals surface area (Å²) in [5.41, 5.74) is 1.38. The first-order chi connectivity index (χ1) is 10.5. The Morgan fingerprint density at radius 1 is 1.45 bits per heavy atom. The first-order valence-corrected chi connectivity index (χ1v) is 7.27. The molecule has 7 heteroatoms. The maximum atomic E-state index is 12.4. The van der Waals surface area contributed by atoms with Crippen LogP contribution in [0.5, 0.6) is 0 Å². The van der Waals surface area contributed by atoms with Crippen LogP contribution in [0.2, 0.25) is 5.02 Å². The van der Waals surface area contributed by atoms with Gasteiger partial charge < -0.3 is 14.3 Å². The maximum absolute atomic E-state index is 12.4. The monoisotopic (exact) mass is 323 g/mol. The summed E-state index contributed by atoms with van der Waals surface area (Å²) in [5, 5.41) is 8.95. The molecule has 0 radical (unpaired) electrons. The minimum atomic E-state index is -0.447. The molecule has 2 atom stereocenters. The number of ketones is 1. The van der Waals surface area contributed by atoms with Crippen LogP contribution in [0.25, 0.3) is 11.1 Å². The van der Waals surface area contributed by atoms with Gasteiger partial charge in [-0.3, -0.25) is 9.59 Å². The van der Waals surface area contributed by atoms with E-state index in [4.69, 9.17) is 25.9 Å². The molecule has 1 N–H and O–H groups in total. The summed E-state index contributed by atoms with van der Waals surface area (Å²) in [6.45, 7) is 1.42. The Hall–Kier alpha value is -1.92. The molecule has 0 saturated heterocycles. The van der Waals surface area contributed by atoms with E-state index in [-0.39, 0.29) is 19.0 Å². The lowest BCUT2D eigenvalue weighted by Crippen LogP contribution is -2.14. The largest absolute Gasteiger partial charge is 0.463 e. The number of aromatic nitrogens is 1. The highest BCUT2D eigenvalue weighted by atomic mass is 35.5. The molecule has 0 spiro atoms. The first kappa shape index (κ1) is 15.0. The van der Waals surface area contributed by atoms with Gasteiger partial charge in [0.25, 0.3) is 0 Å². The molecule has 3 rings (SSSR count). The van der Waals surface area contributed by atoms with E-state index in [9.17, 15) is 9.59 Å². The van der Waals surface area contributed by atoms with Crippen molar-refractivity contribution in [2.24, 2.45) is 11.8 Å². The molecule has 22 heavy (non-hydrogen) atoms. The van der Waals surface area contributed by atoms with Gasteiger partial charge in [0.2, 0.25) is 0 Å². The minimum Gasteiger partial charge on any atom is -0.463 e. The van der Waals surface area contributed by atoms with Crippen LogP contribution in [0.15, 0.2) is 16.5 Å². The fraction of sp³-hybridized carbons (Fsp3) is 0.400. The molecule has 1 aliphatic carbocycles. The van der Waals surface area contributed by atoms with Crippen LogP contribution in [-0.4, -0.2) is 35.1 Å². The number of halogens is 1. The van der Waals surface area contributed by atoms with E-state index in [0.29, 0.717) is 34.0 Å². The van der Waals surface area contributed by atoms with Gasteiger partial charge in [-0.1, -0.05) is 11.6 Å². The van der Waals surface area contributed by atoms with E-state index < -0.39 is 17.8 Å². The SMILES string of the molecule is Cc1nc2cc(C(=O)[C@H]3C[C@@H]3C(=O)OCCO)cc(Cl)c2o1. The molecule has 116 valence electrons. The van der Waals surface area contributed by atoms with Gasteiger partial charge in [0.05, 0.1) is 17.5 Å². The third kappa shape index (κ3) is 2.71. The number of hydrogen-bond acceptors (Lipinski definition) is 6. The zero-order chi connectivity index (χ0) is 15.9. The molecule has 0 amide bonds. The molecule has 0 aliphatic heterocycles. The van der Waals surface area contributed by atoms with Gasteiger partial charge in [-0.05, 0) is 18.6 Å². The van der Waals surface area contributed by atoms with Gasteiger partial charge in [-0.25, -0.2) is 4.98 Å². The minimum absolute atomic E-state index is 0.0494. The molecule has 6 nitrogen and oxygen atoms in total. The highest BCUT2D eigenvalue weighted by Gasteiger charge is 2.49. The number of aryl methyl sites for hydroxylation is 1. The standard InChI is InChI=1S/C15H14ClNO5/c1-7-17-12-5-8(4-11(16)14(12)22-7)13(19)9-6-10(9)15(20)21-3-2-18/h4-5,9-10,18H,2-3,6H2,1H3/t9-,10-/m0/s1. The number of fused-ring (bicyclic) bond motifs is 1. The summed E-state index contributed by atoms with van der Waals surface area (Å²) in [6, 6.07) is 3.15. The van der Waals surface area contributed by atoms with E-state index in [1.165, 1.54) is 6.07 Å². The van der Waals surface area contributed by atoms with Crippen molar-refractivity contribution in [1.82, 2.24) is 4.98 Å². The molecule has 1 aliphatic rings. The Kier molecular flexibility index (Phi) is 3.88. The van der Waals surface area contributed by atoms with Crippen molar-refractivity contribution in [3.63, 3.8) is 0 Å². The van der Waals surface area contributed by atoms with Gasteiger partial charge in [0, 0.05) is 18.4 Å². The predicted molar refractivity (Wildman–Crippen MR) is 77.7 cm³/mol. The second-order valence-electron chi connectivity index (χ2n) is 5.24. The number of ether oxygens (including phenoxy) is 1. The lowest BCUT2D eigenvalue weighted by molar-refractivity contribution is -0.146. The molecule has 1 saturated carbocycles. The van der Waals surface area contributed by atoms with Gasteiger partial charge in [-0.2, -0.15) is 0 Å². The summed E-state index contributed by atoms with van der Waals surface area (Å²) in [4.78, 5) is 28.2. The van der Waals surface area contributed by atoms with Crippen LogP contribution < -0.4 is 0 Å². The molecular formula is C15H14ClNO5. The Morgan fingerprint density at radius 3 is 2.95 bits per heavy atom. The van der Waals surface area contributed by atoms with Crippen molar-refractivity contribution in [3.8, 4) is 0 Å². The van der Waals surface area contributed by atoms with Gasteiger partial charge >= 0.3 is 5.97 Å². The number of carbonyl (C=O) groups is 2. The van der Waals surface area contributed by atoms with Crippen LogP contribution in [0.4, 0.5) is 0 Å². The van der Waals surface area contributed by atoms with Crippen molar-refractivity contribution in [2.75, 3.05) is 13.2 Å². The van der Waals surface area contributed by atoms with Crippen molar-refractivity contribution in [1.29, 1.82) is 0 Å². The molecule has 0 bridgehead atoms. The Bertz CT molecular complexity index is 754. The summed E-state index contributed by atoms with van der Waals surface area (Å²) in [7, 11) is 0. The number of aliphatic hydroxyl groups is 1. The molecule has 1 fully saturated rings. The zero-order valence-electron chi connectivity index (χ0n) is 11.8. The lowest BCUT2D eigenvalue weighted by Gasteiger charge is -2.03. The van der Waals surface area contributed by atoms with E-state index in [0.717, 1.165) is 0 Å². The van der Waals surface area contributed by atoms with E-state index in [1.807, 2.05) is 0 Å². The maximum Gasteiger partial charge on any atom is 0.309 e. The molecule has 1 heterocycles. The lowest BCUT2D eigenvalue weighted by atomic mass is 10.1. The number of aliphatic hydroxyl groups excluding tert-OH is 1. The van der Waals surface area contributed by atoms with Crippen LogP contribution in [0.1, 0.15) is 22.7 Å². The fourth-order valence-corrected chi connectivity index (χ4v) is 2.71. The smallest absolute Gasteiger partial charge is 0.309 e. The number of nitrogens with zero attached hydrogens (tertiary/aromatic N) is 1. The van der Waals surface area contributed by atoms with Crippen LogP contribution in [-0.2, 0) is 9.53 Å². The van der Waals surface area contributed by atoms with Crippen molar-refractivity contribution in [2.45, 2.75) is 13.3 Å². The highest BCUT2D eigenvalue weighted by Crippen LogP contribution is 2.42. The number of carbonyl (C=O) groups excluding carboxylic acids is 2. The van der Waals surface area contributed by atoms with Crippen molar-refractivity contribution >= 4 is 34.5 Å². The fourth-order valence-electron chi connectivity index (χ4n) is 2.46. The third-order valence-corrected chi connectivity index (χ3v) is 3.88. The van der Waals surface area contributed by atoms with Gasteiger partial charge in [0.1, 0.15) is 12.1 Å². The van der Waals surface area contributed by atoms with E-state index >= 15 is 0 Å². The molecular weight excluding hydrogens is 310 g/mol. The second kappa shape index (κ2) is 5.70. The third-order valence-electron chi connectivity index (χ3n) is 3.60. The molecule has 2 aromatic rings.